The Kier molecular flexibility index (Phi) is 9.17. The molecule has 1 aromatic heterocycles. The molecule has 0 saturated heterocycles. The van der Waals surface area contributed by atoms with E-state index >= 15 is 0 Å². The maximum Gasteiger partial charge on any atom is 0.155 e. The average molecular weight is 645 g/mol. The van der Waals surface area contributed by atoms with Gasteiger partial charge < -0.3 is 5.11 Å². The molecule has 1 heterocycles. The maximum atomic E-state index is 10.0. The molecule has 0 amide bonds. The Hall–Kier alpha value is -2.81. The minimum Gasteiger partial charge on any atom is -0.512 e. The van der Waals surface area contributed by atoms with Crippen molar-refractivity contribution in [3.05, 3.63) is 88.7 Å². The van der Waals surface area contributed by atoms with Crippen LogP contribution in [0.4, 0.5) is 0 Å². The molecule has 0 atom stereocenters. The number of rotatable bonds is 2. The van der Waals surface area contributed by atoms with Crippen molar-refractivity contribution in [3.63, 3.8) is 0 Å². The second-order valence-electron chi connectivity index (χ2n) is 10.1. The van der Waals surface area contributed by atoms with E-state index in [2.05, 4.69) is 96.1 Å². The summed E-state index contributed by atoms with van der Waals surface area (Å²) in [7, 11) is 0. The molecular formula is C31H34IrNO2-. The number of hydrogen-bond acceptors (Lipinski definition) is 3. The predicted molar refractivity (Wildman–Crippen MR) is 143 cm³/mol. The predicted octanol–water partition coefficient (Wildman–Crippen LogP) is 8.11. The van der Waals surface area contributed by atoms with Crippen LogP contribution in [0.25, 0.3) is 32.9 Å². The minimum absolute atomic E-state index is 0. The molecule has 0 aliphatic carbocycles. The van der Waals surface area contributed by atoms with Crippen LogP contribution in [0.3, 0.4) is 0 Å². The van der Waals surface area contributed by atoms with Gasteiger partial charge in [-0.05, 0) is 62.8 Å². The van der Waals surface area contributed by atoms with Gasteiger partial charge >= 0.3 is 0 Å². The summed E-state index contributed by atoms with van der Waals surface area (Å²) in [5.74, 6) is -0.0625. The molecule has 35 heavy (non-hydrogen) atoms. The van der Waals surface area contributed by atoms with Crippen molar-refractivity contribution in [2.24, 2.45) is 0 Å². The van der Waals surface area contributed by atoms with E-state index in [1.807, 2.05) is 0 Å². The van der Waals surface area contributed by atoms with Crippen molar-refractivity contribution in [1.29, 1.82) is 0 Å². The van der Waals surface area contributed by atoms with Gasteiger partial charge in [-0.1, -0.05) is 62.1 Å². The molecule has 4 heteroatoms. The Morgan fingerprint density at radius 2 is 1.60 bits per heavy atom. The summed E-state index contributed by atoms with van der Waals surface area (Å²) in [6, 6.07) is 21.1. The van der Waals surface area contributed by atoms with Crippen LogP contribution in [-0.2, 0) is 30.3 Å². The Morgan fingerprint density at radius 3 is 2.17 bits per heavy atom. The molecule has 0 bridgehead atoms. The fourth-order valence-corrected chi connectivity index (χ4v) is 4.41. The fraction of sp³-hybridized carbons (Fsp3) is 0.290. The first-order valence-electron chi connectivity index (χ1n) is 11.6. The molecule has 0 saturated carbocycles. The second-order valence-corrected chi connectivity index (χ2v) is 10.1. The van der Waals surface area contributed by atoms with Crippen LogP contribution < -0.4 is 0 Å². The maximum absolute atomic E-state index is 10.0. The van der Waals surface area contributed by atoms with E-state index in [4.69, 9.17) is 10.1 Å². The average Bonchev–Trinajstić information content (AvgIpc) is 2.70. The topological polar surface area (TPSA) is 50.2 Å². The summed E-state index contributed by atoms with van der Waals surface area (Å²) >= 11 is 0. The van der Waals surface area contributed by atoms with Gasteiger partial charge in [0.15, 0.2) is 5.78 Å². The second kappa shape index (κ2) is 11.3. The first kappa shape index (κ1) is 28.4. The number of pyridine rings is 1. The molecule has 4 aromatic rings. The zero-order valence-electron chi connectivity index (χ0n) is 21.8. The minimum atomic E-state index is -0.125. The van der Waals surface area contributed by atoms with Crippen LogP contribution in [0.2, 0.25) is 0 Å². The van der Waals surface area contributed by atoms with Gasteiger partial charge in [0.1, 0.15) is 0 Å². The Morgan fingerprint density at radius 1 is 0.971 bits per heavy atom. The third kappa shape index (κ3) is 6.87. The number of allylic oxidation sites excluding steroid dienone is 2. The first-order valence-corrected chi connectivity index (χ1v) is 11.6. The molecule has 0 spiro atoms. The van der Waals surface area contributed by atoms with Gasteiger partial charge in [0.2, 0.25) is 0 Å². The summed E-state index contributed by atoms with van der Waals surface area (Å²) in [5, 5.41) is 12.1. The molecule has 1 radical (unpaired) electrons. The molecule has 0 unspecified atom stereocenters. The third-order valence-corrected chi connectivity index (χ3v) is 5.72. The monoisotopic (exact) mass is 645 g/mol. The number of aryl methyl sites for hydroxylation is 3. The number of nitrogens with zero attached hydrogens (tertiary/aromatic N) is 1. The normalized spacial score (nSPS) is 11.6. The summed E-state index contributed by atoms with van der Waals surface area (Å²) in [5.41, 5.74) is 8.35. The van der Waals surface area contributed by atoms with E-state index in [-0.39, 0.29) is 37.1 Å². The third-order valence-electron chi connectivity index (χ3n) is 5.72. The van der Waals surface area contributed by atoms with Gasteiger partial charge in [-0.15, -0.1) is 29.1 Å². The van der Waals surface area contributed by atoms with Crippen molar-refractivity contribution >= 4 is 27.5 Å². The molecule has 3 nitrogen and oxygen atoms in total. The fourth-order valence-electron chi connectivity index (χ4n) is 4.41. The SMILES string of the molecule is CC(=O)/C=C(/C)O.Cc1cc(C)c2c(C)cc(-c3[c-]c4ccccc4c(C(C)(C)C)c3)nc2c1.[Ir]. The number of carbonyl (C=O) groups excluding carboxylic acids is 1. The number of carbonyl (C=O) groups is 1. The number of aliphatic hydroxyl groups excluding tert-OH is 1. The van der Waals surface area contributed by atoms with Gasteiger partial charge in [0.25, 0.3) is 0 Å². The summed E-state index contributed by atoms with van der Waals surface area (Å²) in [4.78, 5) is 15.0. The van der Waals surface area contributed by atoms with E-state index in [1.54, 1.807) is 0 Å². The van der Waals surface area contributed by atoms with Gasteiger partial charge in [0.05, 0.1) is 11.3 Å². The Balaban J connectivity index is 0.000000476. The van der Waals surface area contributed by atoms with E-state index in [9.17, 15) is 4.79 Å². The Bertz CT molecular complexity index is 1410. The van der Waals surface area contributed by atoms with Crippen LogP contribution in [0.15, 0.2) is 60.4 Å². The first-order chi connectivity index (χ1) is 15.9. The number of aliphatic hydroxyl groups is 1. The largest absolute Gasteiger partial charge is 0.512 e. The Labute approximate surface area is 222 Å². The molecule has 3 aromatic carbocycles. The molecule has 185 valence electrons. The quantitative estimate of drug-likeness (QED) is 0.136. The standard InChI is InChI=1S/C26H26N.C5H8O2.Ir/c1-16-11-17(2)25-18(3)13-23(27-24(25)12-16)20-14-19-9-7-8-10-21(19)22(15-20)26(4,5)6;1-4(6)3-5(2)7;/h7-13,15H,1-6H3;3,6H,1-2H3;/q-1;;/b;4-3-;. The summed E-state index contributed by atoms with van der Waals surface area (Å²) in [6.45, 7) is 16.1. The smallest absolute Gasteiger partial charge is 0.155 e. The van der Waals surface area contributed by atoms with Crippen molar-refractivity contribution < 1.29 is 30.0 Å². The van der Waals surface area contributed by atoms with E-state index < -0.39 is 0 Å². The summed E-state index contributed by atoms with van der Waals surface area (Å²) in [6.07, 6.45) is 1.17. The van der Waals surface area contributed by atoms with Crippen LogP contribution in [0.5, 0.6) is 0 Å². The van der Waals surface area contributed by atoms with Crippen LogP contribution >= 0.6 is 0 Å². The van der Waals surface area contributed by atoms with Crippen LogP contribution in [-0.4, -0.2) is 15.9 Å². The van der Waals surface area contributed by atoms with Gasteiger partial charge in [-0.25, -0.2) is 0 Å². The molecule has 0 aliphatic rings. The van der Waals surface area contributed by atoms with E-state index in [0.29, 0.717) is 0 Å². The molecule has 0 fully saturated rings. The zero-order valence-corrected chi connectivity index (χ0v) is 24.2. The van der Waals surface area contributed by atoms with Crippen molar-refractivity contribution in [3.8, 4) is 11.3 Å². The molecular weight excluding hydrogens is 611 g/mol. The number of hydrogen-bond donors (Lipinski definition) is 1. The number of ketones is 1. The number of fused-ring (bicyclic) bond motifs is 2. The van der Waals surface area contributed by atoms with Gasteiger partial charge in [-0.2, -0.15) is 0 Å². The molecule has 0 aliphatic heterocycles. The van der Waals surface area contributed by atoms with Crippen molar-refractivity contribution in [2.45, 2.75) is 60.8 Å². The number of aromatic nitrogens is 1. The zero-order chi connectivity index (χ0) is 25.2. The van der Waals surface area contributed by atoms with Crippen LogP contribution in [0, 0.1) is 26.8 Å². The van der Waals surface area contributed by atoms with Gasteiger partial charge in [-0.3, -0.25) is 9.78 Å². The van der Waals surface area contributed by atoms with E-state index in [1.165, 1.54) is 52.9 Å². The molecule has 4 rings (SSSR count). The summed E-state index contributed by atoms with van der Waals surface area (Å²) < 4.78 is 0. The van der Waals surface area contributed by atoms with Crippen LogP contribution in [0.1, 0.15) is 56.9 Å². The van der Waals surface area contributed by atoms with Crippen molar-refractivity contribution in [2.75, 3.05) is 0 Å². The van der Waals surface area contributed by atoms with Crippen molar-refractivity contribution in [1.82, 2.24) is 4.98 Å². The number of benzene rings is 3. The molecule has 1 N–H and O–H groups in total. The van der Waals surface area contributed by atoms with E-state index in [0.717, 1.165) is 22.2 Å². The van der Waals surface area contributed by atoms with Gasteiger partial charge in [0, 0.05) is 37.3 Å².